The van der Waals surface area contributed by atoms with Crippen LogP contribution in [0.15, 0.2) is 0 Å². The molecule has 2 heteroatoms. The van der Waals surface area contributed by atoms with Crippen molar-refractivity contribution in [2.75, 3.05) is 6.61 Å². The largest absolute Gasteiger partial charge is 0.452 e. The van der Waals surface area contributed by atoms with Crippen molar-refractivity contribution in [1.29, 1.82) is 0 Å². The molecule has 1 aliphatic carbocycles. The van der Waals surface area contributed by atoms with Gasteiger partial charge >= 0.3 is 5.97 Å². The SMILES string of the molecule is CC#CCOC(=O)C1CC(C)(C)C1. The van der Waals surface area contributed by atoms with Gasteiger partial charge in [0.1, 0.15) is 0 Å². The van der Waals surface area contributed by atoms with Crippen LogP contribution in [0.1, 0.15) is 33.6 Å². The lowest BCUT2D eigenvalue weighted by Crippen LogP contribution is -2.37. The van der Waals surface area contributed by atoms with E-state index in [4.69, 9.17) is 4.74 Å². The maximum Gasteiger partial charge on any atom is 0.309 e. The lowest BCUT2D eigenvalue weighted by atomic mass is 9.64. The number of carbonyl (C=O) groups is 1. The van der Waals surface area contributed by atoms with Crippen LogP contribution in [0, 0.1) is 23.2 Å². The molecule has 0 aromatic carbocycles. The van der Waals surface area contributed by atoms with Gasteiger partial charge in [-0.3, -0.25) is 4.79 Å². The Balaban J connectivity index is 2.22. The van der Waals surface area contributed by atoms with Crippen molar-refractivity contribution in [1.82, 2.24) is 0 Å². The van der Waals surface area contributed by atoms with E-state index in [0.717, 1.165) is 12.8 Å². The molecule has 0 aliphatic heterocycles. The maximum absolute atomic E-state index is 11.3. The molecule has 0 amide bonds. The van der Waals surface area contributed by atoms with E-state index in [0.29, 0.717) is 5.41 Å². The highest BCUT2D eigenvalue weighted by atomic mass is 16.5. The Bertz CT molecular complexity index is 247. The molecule has 2 nitrogen and oxygen atoms in total. The van der Waals surface area contributed by atoms with Crippen molar-refractivity contribution in [3.8, 4) is 11.8 Å². The molecular formula is C11H16O2. The van der Waals surface area contributed by atoms with Gasteiger partial charge in [-0.1, -0.05) is 19.8 Å². The van der Waals surface area contributed by atoms with Crippen LogP contribution in [-0.4, -0.2) is 12.6 Å². The molecule has 1 rings (SSSR count). The zero-order valence-electron chi connectivity index (χ0n) is 8.52. The van der Waals surface area contributed by atoms with Gasteiger partial charge in [0.15, 0.2) is 6.61 Å². The van der Waals surface area contributed by atoms with Crippen LogP contribution < -0.4 is 0 Å². The highest BCUT2D eigenvalue weighted by Gasteiger charge is 2.41. The van der Waals surface area contributed by atoms with Gasteiger partial charge in [0.25, 0.3) is 0 Å². The van der Waals surface area contributed by atoms with Crippen molar-refractivity contribution in [3.63, 3.8) is 0 Å². The molecule has 0 aromatic heterocycles. The minimum atomic E-state index is -0.0814. The average molecular weight is 180 g/mol. The van der Waals surface area contributed by atoms with Crippen LogP contribution in [0.25, 0.3) is 0 Å². The molecule has 13 heavy (non-hydrogen) atoms. The Hall–Kier alpha value is -0.970. The van der Waals surface area contributed by atoms with Gasteiger partial charge in [-0.25, -0.2) is 0 Å². The van der Waals surface area contributed by atoms with E-state index in [1.165, 1.54) is 0 Å². The summed E-state index contributed by atoms with van der Waals surface area (Å²) in [5, 5.41) is 0. The van der Waals surface area contributed by atoms with Gasteiger partial charge in [-0.05, 0) is 25.2 Å². The van der Waals surface area contributed by atoms with Crippen LogP contribution in [0.2, 0.25) is 0 Å². The third kappa shape index (κ3) is 2.77. The van der Waals surface area contributed by atoms with Crippen LogP contribution in [0.3, 0.4) is 0 Å². The molecule has 1 aliphatic rings. The summed E-state index contributed by atoms with van der Waals surface area (Å²) < 4.78 is 4.97. The molecule has 0 unspecified atom stereocenters. The van der Waals surface area contributed by atoms with E-state index in [-0.39, 0.29) is 18.5 Å². The molecular weight excluding hydrogens is 164 g/mol. The number of hydrogen-bond donors (Lipinski definition) is 0. The van der Waals surface area contributed by atoms with Gasteiger partial charge in [0.2, 0.25) is 0 Å². The highest BCUT2D eigenvalue weighted by Crippen LogP contribution is 2.45. The summed E-state index contributed by atoms with van der Waals surface area (Å²) in [5.41, 5.74) is 0.333. The highest BCUT2D eigenvalue weighted by molar-refractivity contribution is 5.73. The fraction of sp³-hybridized carbons (Fsp3) is 0.727. The Morgan fingerprint density at radius 2 is 2.15 bits per heavy atom. The third-order valence-electron chi connectivity index (χ3n) is 2.39. The molecule has 0 radical (unpaired) electrons. The van der Waals surface area contributed by atoms with Crippen molar-refractivity contribution in [3.05, 3.63) is 0 Å². The molecule has 1 saturated carbocycles. The van der Waals surface area contributed by atoms with Gasteiger partial charge in [-0.15, -0.1) is 5.92 Å². The van der Waals surface area contributed by atoms with E-state index in [1.54, 1.807) is 6.92 Å². The normalized spacial score (nSPS) is 19.6. The summed E-state index contributed by atoms with van der Waals surface area (Å²) in [5.74, 6) is 5.43. The topological polar surface area (TPSA) is 26.3 Å². The average Bonchev–Trinajstić information content (AvgIpc) is 2.00. The summed E-state index contributed by atoms with van der Waals surface area (Å²) in [6.07, 6.45) is 1.90. The van der Waals surface area contributed by atoms with E-state index < -0.39 is 0 Å². The number of rotatable bonds is 2. The predicted octanol–water partition coefficient (Wildman–Crippen LogP) is 1.99. The van der Waals surface area contributed by atoms with Crippen LogP contribution in [0.4, 0.5) is 0 Å². The fourth-order valence-electron chi connectivity index (χ4n) is 1.74. The summed E-state index contributed by atoms with van der Waals surface area (Å²) in [7, 11) is 0. The van der Waals surface area contributed by atoms with E-state index in [1.807, 2.05) is 0 Å². The quantitative estimate of drug-likeness (QED) is 0.480. The number of hydrogen-bond acceptors (Lipinski definition) is 2. The Kier molecular flexibility index (Phi) is 2.98. The minimum Gasteiger partial charge on any atom is -0.452 e. The molecule has 0 heterocycles. The molecule has 0 bridgehead atoms. The summed E-state index contributed by atoms with van der Waals surface area (Å²) in [4.78, 5) is 11.3. The summed E-state index contributed by atoms with van der Waals surface area (Å²) in [6, 6.07) is 0. The first-order valence-electron chi connectivity index (χ1n) is 4.61. The van der Waals surface area contributed by atoms with Crippen molar-refractivity contribution in [2.24, 2.45) is 11.3 Å². The van der Waals surface area contributed by atoms with Crippen molar-refractivity contribution < 1.29 is 9.53 Å². The first-order valence-corrected chi connectivity index (χ1v) is 4.61. The van der Waals surface area contributed by atoms with Gasteiger partial charge < -0.3 is 4.74 Å². The lowest BCUT2D eigenvalue weighted by Gasteiger charge is -2.40. The number of esters is 1. The first kappa shape index (κ1) is 10.1. The van der Waals surface area contributed by atoms with Crippen LogP contribution >= 0.6 is 0 Å². The molecule has 0 atom stereocenters. The molecule has 0 aromatic rings. The molecule has 1 fully saturated rings. The number of carbonyl (C=O) groups excluding carboxylic acids is 1. The summed E-state index contributed by atoms with van der Waals surface area (Å²) in [6.45, 7) is 6.32. The molecule has 72 valence electrons. The standard InChI is InChI=1S/C11H16O2/c1-4-5-6-13-10(12)9-7-11(2,3)8-9/h9H,6-8H2,1-3H3. The van der Waals surface area contributed by atoms with E-state index >= 15 is 0 Å². The first-order chi connectivity index (χ1) is 6.05. The van der Waals surface area contributed by atoms with Crippen LogP contribution in [0.5, 0.6) is 0 Å². The third-order valence-corrected chi connectivity index (χ3v) is 2.39. The Morgan fingerprint density at radius 3 is 2.62 bits per heavy atom. The fourth-order valence-corrected chi connectivity index (χ4v) is 1.74. The Morgan fingerprint density at radius 1 is 1.54 bits per heavy atom. The maximum atomic E-state index is 11.3. The molecule has 0 spiro atoms. The minimum absolute atomic E-state index is 0.0814. The van der Waals surface area contributed by atoms with E-state index in [2.05, 4.69) is 25.7 Å². The lowest BCUT2D eigenvalue weighted by molar-refractivity contribution is -0.154. The Labute approximate surface area is 79.7 Å². The second kappa shape index (κ2) is 3.83. The molecule has 0 saturated heterocycles. The van der Waals surface area contributed by atoms with Crippen molar-refractivity contribution in [2.45, 2.75) is 33.6 Å². The second-order valence-corrected chi connectivity index (χ2v) is 4.30. The molecule has 0 N–H and O–H groups in total. The van der Waals surface area contributed by atoms with Crippen molar-refractivity contribution >= 4 is 5.97 Å². The zero-order valence-corrected chi connectivity index (χ0v) is 8.52. The monoisotopic (exact) mass is 180 g/mol. The predicted molar refractivity (Wildman–Crippen MR) is 50.9 cm³/mol. The second-order valence-electron chi connectivity index (χ2n) is 4.30. The van der Waals surface area contributed by atoms with Crippen LogP contribution in [-0.2, 0) is 9.53 Å². The smallest absolute Gasteiger partial charge is 0.309 e. The van der Waals surface area contributed by atoms with Gasteiger partial charge in [-0.2, -0.15) is 0 Å². The van der Waals surface area contributed by atoms with E-state index in [9.17, 15) is 4.79 Å². The van der Waals surface area contributed by atoms with Gasteiger partial charge in [0.05, 0.1) is 5.92 Å². The number of ether oxygens (including phenoxy) is 1. The summed E-state index contributed by atoms with van der Waals surface area (Å²) >= 11 is 0. The zero-order chi connectivity index (χ0) is 9.90. The van der Waals surface area contributed by atoms with Gasteiger partial charge in [0, 0.05) is 0 Å².